The van der Waals surface area contributed by atoms with Crippen LogP contribution >= 0.6 is 23.5 Å². The SMILES string of the molecule is CC(C)(C)c1c(OCCCCO)ccc(SC2(Sc3ccc(O)cc3)CCN(C(C)(C)C)CC2C(C)(C)C)c1C(C)(C)C. The zero-order valence-electron chi connectivity index (χ0n) is 29.1. The number of rotatable bonds is 9. The molecule has 0 amide bonds. The number of unbranched alkanes of at least 4 members (excludes halogenated alkanes) is 1. The molecule has 1 saturated heterocycles. The van der Waals surface area contributed by atoms with E-state index in [1.54, 1.807) is 0 Å². The standard InChI is InChI=1S/C37H59NO3S2/c1-33(2,3)30-25-38(36(10,11)12)22-21-37(30,42-27-17-15-26(40)16-18-27)43-29-20-19-28(41-24-14-13-23-39)31(34(4,5)6)32(29)35(7,8)9/h15-20,30,39-40H,13-14,21-25H2,1-12H3. The lowest BCUT2D eigenvalue weighted by molar-refractivity contribution is 0.0361. The molecule has 1 aliphatic heterocycles. The van der Waals surface area contributed by atoms with Gasteiger partial charge in [-0.1, -0.05) is 62.3 Å². The molecular formula is C37H59NO3S2. The van der Waals surface area contributed by atoms with Crippen molar-refractivity contribution in [3.8, 4) is 11.5 Å². The van der Waals surface area contributed by atoms with Gasteiger partial charge in [-0.3, -0.25) is 4.90 Å². The number of aliphatic hydroxyl groups is 1. The number of phenols is 1. The van der Waals surface area contributed by atoms with Crippen molar-refractivity contribution in [2.24, 2.45) is 11.3 Å². The van der Waals surface area contributed by atoms with E-state index in [1.807, 2.05) is 23.9 Å². The van der Waals surface area contributed by atoms with Crippen molar-refractivity contribution in [2.45, 2.75) is 133 Å². The number of thioether (sulfide) groups is 2. The van der Waals surface area contributed by atoms with E-state index in [-0.39, 0.29) is 32.5 Å². The van der Waals surface area contributed by atoms with Crippen LogP contribution in [0.15, 0.2) is 46.2 Å². The lowest BCUT2D eigenvalue weighted by Crippen LogP contribution is -2.57. The van der Waals surface area contributed by atoms with Gasteiger partial charge in [-0.05, 0) is 98.2 Å². The minimum Gasteiger partial charge on any atom is -0.508 e. The first-order valence-electron chi connectivity index (χ1n) is 16.0. The van der Waals surface area contributed by atoms with E-state index in [0.717, 1.165) is 38.1 Å². The number of ether oxygens (including phenoxy) is 1. The van der Waals surface area contributed by atoms with Crippen LogP contribution in [-0.4, -0.2) is 51.0 Å². The summed E-state index contributed by atoms with van der Waals surface area (Å²) in [6, 6.07) is 12.3. The fraction of sp³-hybridized carbons (Fsp3) is 0.676. The van der Waals surface area contributed by atoms with Crippen LogP contribution in [0, 0.1) is 11.3 Å². The molecule has 2 aromatic rings. The molecule has 0 radical (unpaired) electrons. The first kappa shape index (κ1) is 36.1. The Hall–Kier alpha value is -1.34. The van der Waals surface area contributed by atoms with Crippen LogP contribution in [-0.2, 0) is 10.8 Å². The number of aliphatic hydroxyl groups excluding tert-OH is 1. The van der Waals surface area contributed by atoms with Gasteiger partial charge in [0.25, 0.3) is 0 Å². The molecule has 0 aliphatic carbocycles. The maximum absolute atomic E-state index is 10.1. The highest BCUT2D eigenvalue weighted by Crippen LogP contribution is 2.61. The number of nitrogens with zero attached hydrogens (tertiary/aromatic N) is 1. The molecule has 0 saturated carbocycles. The minimum atomic E-state index is -0.115. The van der Waals surface area contributed by atoms with E-state index in [2.05, 4.69) is 124 Å². The Morgan fingerprint density at radius 3 is 1.93 bits per heavy atom. The van der Waals surface area contributed by atoms with Crippen LogP contribution in [0.5, 0.6) is 11.5 Å². The fourth-order valence-corrected chi connectivity index (χ4v) is 10.2. The fourth-order valence-electron chi connectivity index (χ4n) is 6.28. The number of hydrogen-bond acceptors (Lipinski definition) is 6. The Balaban J connectivity index is 2.24. The molecule has 2 unspecified atom stereocenters. The number of benzene rings is 2. The van der Waals surface area contributed by atoms with Crippen LogP contribution in [0.25, 0.3) is 0 Å². The third kappa shape index (κ3) is 9.11. The van der Waals surface area contributed by atoms with E-state index in [4.69, 9.17) is 4.74 Å². The van der Waals surface area contributed by atoms with Crippen molar-refractivity contribution in [2.75, 3.05) is 26.3 Å². The highest BCUT2D eigenvalue weighted by Gasteiger charge is 2.51. The van der Waals surface area contributed by atoms with Crippen LogP contribution in [0.4, 0.5) is 0 Å². The second kappa shape index (κ2) is 13.6. The Labute approximate surface area is 271 Å². The molecule has 0 aromatic heterocycles. The second-order valence-electron chi connectivity index (χ2n) is 16.4. The average molecular weight is 630 g/mol. The van der Waals surface area contributed by atoms with Crippen LogP contribution in [0.2, 0.25) is 0 Å². The van der Waals surface area contributed by atoms with Gasteiger partial charge < -0.3 is 14.9 Å². The smallest absolute Gasteiger partial charge is 0.123 e. The van der Waals surface area contributed by atoms with E-state index >= 15 is 0 Å². The quantitative estimate of drug-likeness (QED) is 0.213. The number of piperidine rings is 1. The summed E-state index contributed by atoms with van der Waals surface area (Å²) < 4.78 is 6.33. The van der Waals surface area contributed by atoms with Gasteiger partial charge in [-0.2, -0.15) is 0 Å². The topological polar surface area (TPSA) is 52.9 Å². The van der Waals surface area contributed by atoms with E-state index in [0.29, 0.717) is 18.3 Å². The molecule has 6 heteroatoms. The number of aromatic hydroxyl groups is 1. The third-order valence-corrected chi connectivity index (χ3v) is 11.7. The monoisotopic (exact) mass is 629 g/mol. The summed E-state index contributed by atoms with van der Waals surface area (Å²) in [4.78, 5) is 5.21. The van der Waals surface area contributed by atoms with Crippen molar-refractivity contribution in [1.82, 2.24) is 4.90 Å². The van der Waals surface area contributed by atoms with Crippen molar-refractivity contribution >= 4 is 23.5 Å². The van der Waals surface area contributed by atoms with Gasteiger partial charge in [0.1, 0.15) is 11.5 Å². The maximum Gasteiger partial charge on any atom is 0.123 e. The molecule has 2 N–H and O–H groups in total. The lowest BCUT2D eigenvalue weighted by Gasteiger charge is -2.55. The largest absolute Gasteiger partial charge is 0.508 e. The molecule has 0 spiro atoms. The molecule has 2 atom stereocenters. The molecule has 3 rings (SSSR count). The summed E-state index contributed by atoms with van der Waals surface area (Å²) in [5.74, 6) is 1.67. The predicted molar refractivity (Wildman–Crippen MR) is 187 cm³/mol. The van der Waals surface area contributed by atoms with Gasteiger partial charge in [-0.25, -0.2) is 0 Å². The average Bonchev–Trinajstić information content (AvgIpc) is 2.86. The van der Waals surface area contributed by atoms with Gasteiger partial charge in [-0.15, -0.1) is 23.5 Å². The number of phenolic OH excluding ortho intramolecular Hbond substituents is 1. The predicted octanol–water partition coefficient (Wildman–Crippen LogP) is 9.89. The zero-order chi connectivity index (χ0) is 32.4. The van der Waals surface area contributed by atoms with Gasteiger partial charge in [0, 0.05) is 46.5 Å². The lowest BCUT2D eigenvalue weighted by atomic mass is 9.74. The Morgan fingerprint density at radius 2 is 1.42 bits per heavy atom. The molecule has 1 fully saturated rings. The molecule has 242 valence electrons. The number of hydrogen-bond donors (Lipinski definition) is 2. The van der Waals surface area contributed by atoms with Crippen molar-refractivity contribution < 1.29 is 14.9 Å². The Bertz CT molecular complexity index is 1200. The molecule has 43 heavy (non-hydrogen) atoms. The molecule has 4 nitrogen and oxygen atoms in total. The Morgan fingerprint density at radius 1 is 0.814 bits per heavy atom. The maximum atomic E-state index is 10.1. The summed E-state index contributed by atoms with van der Waals surface area (Å²) in [5.41, 5.74) is 2.64. The van der Waals surface area contributed by atoms with E-state index in [9.17, 15) is 10.2 Å². The van der Waals surface area contributed by atoms with Crippen LogP contribution in [0.3, 0.4) is 0 Å². The van der Waals surface area contributed by atoms with Gasteiger partial charge in [0.15, 0.2) is 0 Å². The molecule has 0 bridgehead atoms. The number of likely N-dealkylation sites (tertiary alicyclic amines) is 1. The van der Waals surface area contributed by atoms with Crippen LogP contribution < -0.4 is 4.74 Å². The molecule has 1 aliphatic rings. The summed E-state index contributed by atoms with van der Waals surface area (Å²) in [7, 11) is 0. The van der Waals surface area contributed by atoms with E-state index < -0.39 is 0 Å². The van der Waals surface area contributed by atoms with Gasteiger partial charge >= 0.3 is 0 Å². The summed E-state index contributed by atoms with van der Waals surface area (Å²) in [6.45, 7) is 31.0. The normalized spacial score (nSPS) is 20.8. The molecule has 2 aromatic carbocycles. The summed E-state index contributed by atoms with van der Waals surface area (Å²) >= 11 is 4.06. The van der Waals surface area contributed by atoms with Crippen molar-refractivity contribution in [3.05, 3.63) is 47.5 Å². The Kier molecular flexibility index (Phi) is 11.4. The first-order chi connectivity index (χ1) is 19.7. The highest BCUT2D eigenvalue weighted by atomic mass is 32.2. The van der Waals surface area contributed by atoms with Gasteiger partial charge in [0.2, 0.25) is 0 Å². The van der Waals surface area contributed by atoms with E-state index in [1.165, 1.54) is 20.9 Å². The second-order valence-corrected chi connectivity index (χ2v) is 19.4. The minimum absolute atomic E-state index is 0.0748. The van der Waals surface area contributed by atoms with Crippen LogP contribution in [0.1, 0.15) is 113 Å². The molecular weight excluding hydrogens is 571 g/mol. The third-order valence-electron chi connectivity index (χ3n) is 8.51. The zero-order valence-corrected chi connectivity index (χ0v) is 30.7. The first-order valence-corrected chi connectivity index (χ1v) is 17.7. The highest BCUT2D eigenvalue weighted by molar-refractivity contribution is 8.18. The molecule has 1 heterocycles. The summed E-state index contributed by atoms with van der Waals surface area (Å²) in [5, 5.41) is 19.4. The van der Waals surface area contributed by atoms with Crippen molar-refractivity contribution in [3.63, 3.8) is 0 Å². The van der Waals surface area contributed by atoms with Gasteiger partial charge in [0.05, 0.1) is 10.7 Å². The van der Waals surface area contributed by atoms with Crippen molar-refractivity contribution in [1.29, 1.82) is 0 Å². The summed E-state index contributed by atoms with van der Waals surface area (Å²) in [6.07, 6.45) is 2.64.